The lowest BCUT2D eigenvalue weighted by Gasteiger charge is -2.41. The van der Waals surface area contributed by atoms with Crippen molar-refractivity contribution in [2.45, 2.75) is 70.4 Å². The lowest BCUT2D eigenvalue weighted by Crippen LogP contribution is -2.44. The summed E-state index contributed by atoms with van der Waals surface area (Å²) >= 11 is 0. The van der Waals surface area contributed by atoms with Gasteiger partial charge in [-0.15, -0.1) is 0 Å². The number of ether oxygens (including phenoxy) is 1. The van der Waals surface area contributed by atoms with Crippen LogP contribution in [-0.2, 0) is 10.0 Å². The number of hydrogen-bond donors (Lipinski definition) is 1. The Kier molecular flexibility index (Phi) is 5.37. The van der Waals surface area contributed by atoms with E-state index in [1.165, 1.54) is 0 Å². The zero-order valence-electron chi connectivity index (χ0n) is 16.8. The summed E-state index contributed by atoms with van der Waals surface area (Å²) in [5.41, 5.74) is 3.17. The van der Waals surface area contributed by atoms with E-state index in [-0.39, 0.29) is 11.6 Å². The lowest BCUT2D eigenvalue weighted by atomic mass is 9.84. The maximum Gasteiger partial charge on any atom is 0.241 e. The Balaban J connectivity index is 2.03. The van der Waals surface area contributed by atoms with Crippen molar-refractivity contribution in [3.63, 3.8) is 0 Å². The summed E-state index contributed by atoms with van der Waals surface area (Å²) in [5, 5.41) is 0. The second kappa shape index (κ2) is 7.28. The first-order valence-electron chi connectivity index (χ1n) is 9.59. The van der Waals surface area contributed by atoms with Gasteiger partial charge in [-0.05, 0) is 50.8 Å². The van der Waals surface area contributed by atoms with Crippen molar-refractivity contribution in [1.82, 2.24) is 4.72 Å². The Bertz CT molecular complexity index is 923. The third-order valence-electron chi connectivity index (χ3n) is 5.66. The minimum Gasteiger partial charge on any atom is -0.487 e. The third-order valence-corrected chi connectivity index (χ3v) is 7.43. The Labute approximate surface area is 163 Å². The van der Waals surface area contributed by atoms with Crippen molar-refractivity contribution in [2.24, 2.45) is 0 Å². The maximum absolute atomic E-state index is 13.3. The molecule has 146 valence electrons. The van der Waals surface area contributed by atoms with Crippen LogP contribution in [0.1, 0.15) is 61.4 Å². The van der Waals surface area contributed by atoms with Gasteiger partial charge in [-0.25, -0.2) is 13.1 Å². The second-order valence-corrected chi connectivity index (χ2v) is 9.29. The van der Waals surface area contributed by atoms with Gasteiger partial charge < -0.3 is 4.74 Å². The van der Waals surface area contributed by atoms with Crippen LogP contribution in [0.5, 0.6) is 5.75 Å². The second-order valence-electron chi connectivity index (χ2n) is 7.64. The molecule has 1 aliphatic heterocycles. The molecule has 3 rings (SSSR count). The first-order chi connectivity index (χ1) is 12.7. The first kappa shape index (κ1) is 19.9. The van der Waals surface area contributed by atoms with Crippen LogP contribution < -0.4 is 9.46 Å². The van der Waals surface area contributed by atoms with E-state index in [1.54, 1.807) is 0 Å². The van der Waals surface area contributed by atoms with Gasteiger partial charge in [0.15, 0.2) is 0 Å². The molecular weight excluding hydrogens is 358 g/mol. The Morgan fingerprint density at radius 1 is 1.07 bits per heavy atom. The van der Waals surface area contributed by atoms with Crippen molar-refractivity contribution >= 4 is 10.0 Å². The van der Waals surface area contributed by atoms with Crippen LogP contribution in [-0.4, -0.2) is 14.0 Å². The number of fused-ring (bicyclic) bond motifs is 1. The molecule has 0 saturated heterocycles. The summed E-state index contributed by atoms with van der Waals surface area (Å²) < 4.78 is 35.9. The van der Waals surface area contributed by atoms with Crippen LogP contribution in [0.4, 0.5) is 0 Å². The van der Waals surface area contributed by atoms with Crippen LogP contribution in [0.25, 0.3) is 0 Å². The molecule has 1 N–H and O–H groups in total. The summed E-state index contributed by atoms with van der Waals surface area (Å²) in [6.07, 6.45) is 2.29. The fraction of sp³-hybridized carbons (Fsp3) is 0.455. The number of benzene rings is 2. The molecule has 0 fully saturated rings. The van der Waals surface area contributed by atoms with Crippen LogP contribution in [0.3, 0.4) is 0 Å². The molecule has 0 amide bonds. The van der Waals surface area contributed by atoms with Crippen LogP contribution in [0.15, 0.2) is 41.3 Å². The molecule has 0 saturated carbocycles. The van der Waals surface area contributed by atoms with Gasteiger partial charge in [-0.2, -0.15) is 0 Å². The summed E-state index contributed by atoms with van der Waals surface area (Å²) in [7, 11) is -3.65. The van der Waals surface area contributed by atoms with Crippen molar-refractivity contribution in [3.05, 3.63) is 58.7 Å². The maximum atomic E-state index is 13.3. The van der Waals surface area contributed by atoms with Gasteiger partial charge in [0, 0.05) is 12.0 Å². The summed E-state index contributed by atoms with van der Waals surface area (Å²) in [6, 6.07) is 11.3. The fourth-order valence-electron chi connectivity index (χ4n) is 4.24. The predicted molar refractivity (Wildman–Crippen MR) is 109 cm³/mol. The van der Waals surface area contributed by atoms with Gasteiger partial charge in [0.25, 0.3) is 0 Å². The molecule has 2 aromatic rings. The van der Waals surface area contributed by atoms with E-state index in [2.05, 4.69) is 18.6 Å². The van der Waals surface area contributed by atoms with Crippen LogP contribution >= 0.6 is 0 Å². The molecule has 1 unspecified atom stereocenters. The zero-order valence-corrected chi connectivity index (χ0v) is 17.6. The quantitative estimate of drug-likeness (QED) is 0.788. The van der Waals surface area contributed by atoms with E-state index in [1.807, 2.05) is 57.2 Å². The Morgan fingerprint density at radius 3 is 2.26 bits per heavy atom. The summed E-state index contributed by atoms with van der Waals surface area (Å²) in [5.74, 6) is 0.775. The summed E-state index contributed by atoms with van der Waals surface area (Å²) in [6.45, 7) is 9.88. The van der Waals surface area contributed by atoms with Crippen LogP contribution in [0.2, 0.25) is 0 Å². The average molecular weight is 388 g/mol. The van der Waals surface area contributed by atoms with Crippen molar-refractivity contribution < 1.29 is 13.2 Å². The van der Waals surface area contributed by atoms with Gasteiger partial charge in [0.05, 0.1) is 10.9 Å². The topological polar surface area (TPSA) is 55.4 Å². The highest BCUT2D eigenvalue weighted by Crippen LogP contribution is 2.43. The number of hydrogen-bond acceptors (Lipinski definition) is 3. The average Bonchev–Trinajstić information content (AvgIpc) is 2.60. The number of rotatable bonds is 5. The smallest absolute Gasteiger partial charge is 0.241 e. The molecule has 1 atom stereocenters. The van der Waals surface area contributed by atoms with Gasteiger partial charge >= 0.3 is 0 Å². The molecular formula is C22H29NO3S. The Hall–Kier alpha value is -1.85. The first-order valence-corrected chi connectivity index (χ1v) is 11.1. The number of para-hydroxylation sites is 1. The van der Waals surface area contributed by atoms with E-state index < -0.39 is 10.0 Å². The van der Waals surface area contributed by atoms with E-state index in [4.69, 9.17) is 4.74 Å². The molecule has 1 heterocycles. The SMILES string of the molecule is CCC1(CC)CC(NS(=O)(=O)c2c(C)cc(C)cc2C)c2ccccc2O1. The minimum atomic E-state index is -3.65. The molecule has 0 aromatic heterocycles. The minimum absolute atomic E-state index is 0.306. The molecule has 5 heteroatoms. The molecule has 0 radical (unpaired) electrons. The van der Waals surface area contributed by atoms with Gasteiger partial charge in [-0.3, -0.25) is 0 Å². The summed E-state index contributed by atoms with van der Waals surface area (Å²) in [4.78, 5) is 0.385. The van der Waals surface area contributed by atoms with E-state index in [0.29, 0.717) is 11.3 Å². The standard InChI is InChI=1S/C22H29NO3S/c1-6-22(7-2)14-19(18-10-8-9-11-20(18)26-22)23-27(24,25)21-16(4)12-15(3)13-17(21)5/h8-13,19,23H,6-7,14H2,1-5H3. The van der Waals surface area contributed by atoms with Crippen molar-refractivity contribution in [1.29, 1.82) is 0 Å². The van der Waals surface area contributed by atoms with Gasteiger partial charge in [-0.1, -0.05) is 49.7 Å². The normalized spacial score (nSPS) is 18.6. The number of sulfonamides is 1. The highest BCUT2D eigenvalue weighted by Gasteiger charge is 2.40. The molecule has 0 spiro atoms. The van der Waals surface area contributed by atoms with Gasteiger partial charge in [0.1, 0.15) is 11.4 Å². The van der Waals surface area contributed by atoms with Crippen molar-refractivity contribution in [3.8, 4) is 5.75 Å². The molecule has 4 nitrogen and oxygen atoms in total. The molecule has 0 aliphatic carbocycles. The largest absolute Gasteiger partial charge is 0.487 e. The number of nitrogens with one attached hydrogen (secondary N) is 1. The Morgan fingerprint density at radius 2 is 1.67 bits per heavy atom. The molecule has 2 aromatic carbocycles. The van der Waals surface area contributed by atoms with Gasteiger partial charge in [0.2, 0.25) is 10.0 Å². The third kappa shape index (κ3) is 3.76. The lowest BCUT2D eigenvalue weighted by molar-refractivity contribution is 0.0260. The predicted octanol–water partition coefficient (Wildman–Crippen LogP) is 4.97. The fourth-order valence-corrected chi connectivity index (χ4v) is 5.91. The highest BCUT2D eigenvalue weighted by molar-refractivity contribution is 7.89. The van der Waals surface area contributed by atoms with E-state index in [0.717, 1.165) is 40.8 Å². The molecule has 1 aliphatic rings. The highest BCUT2D eigenvalue weighted by atomic mass is 32.2. The van der Waals surface area contributed by atoms with E-state index in [9.17, 15) is 8.42 Å². The zero-order chi connectivity index (χ0) is 19.8. The molecule has 27 heavy (non-hydrogen) atoms. The number of aryl methyl sites for hydroxylation is 3. The van der Waals surface area contributed by atoms with E-state index >= 15 is 0 Å². The molecule has 0 bridgehead atoms. The monoisotopic (exact) mass is 387 g/mol. The van der Waals surface area contributed by atoms with Crippen LogP contribution in [0, 0.1) is 20.8 Å². The van der Waals surface area contributed by atoms with Crippen molar-refractivity contribution in [2.75, 3.05) is 0 Å².